The number of hydrogen-bond acceptors (Lipinski definition) is 5. The van der Waals surface area contributed by atoms with Crippen LogP contribution < -0.4 is 24.8 Å². The summed E-state index contributed by atoms with van der Waals surface area (Å²) in [5, 5.41) is 5.80. The van der Waals surface area contributed by atoms with Crippen molar-refractivity contribution in [3.63, 3.8) is 0 Å². The molecule has 8 heteroatoms. The first-order chi connectivity index (χ1) is 13.3. The van der Waals surface area contributed by atoms with Crippen molar-refractivity contribution in [3.05, 3.63) is 46.4 Å². The number of thiocarbonyl (C=S) groups is 1. The largest absolute Gasteiger partial charge is 0.493 e. The van der Waals surface area contributed by atoms with Crippen LogP contribution >= 0.6 is 28.1 Å². The first-order valence-corrected chi connectivity index (χ1v) is 9.81. The number of halogens is 1. The molecule has 0 aromatic heterocycles. The predicted molar refractivity (Wildman–Crippen MR) is 118 cm³/mol. The molecule has 2 aromatic carbocycles. The predicted octanol–water partition coefficient (Wildman–Crippen LogP) is 4.63. The van der Waals surface area contributed by atoms with Crippen molar-refractivity contribution in [3.8, 4) is 17.2 Å². The van der Waals surface area contributed by atoms with E-state index in [1.165, 1.54) is 0 Å². The zero-order valence-electron chi connectivity index (χ0n) is 16.2. The Labute approximate surface area is 178 Å². The number of hydrogen-bond donors (Lipinski definition) is 2. The van der Waals surface area contributed by atoms with Crippen LogP contribution in [0.15, 0.2) is 40.9 Å². The van der Waals surface area contributed by atoms with Crippen LogP contribution in [-0.4, -0.2) is 31.8 Å². The van der Waals surface area contributed by atoms with Gasteiger partial charge in [-0.1, -0.05) is 29.8 Å². The van der Waals surface area contributed by atoms with E-state index in [1.807, 2.05) is 19.9 Å². The van der Waals surface area contributed by atoms with Crippen LogP contribution in [0.5, 0.6) is 17.2 Å². The van der Waals surface area contributed by atoms with Crippen LogP contribution in [0.2, 0.25) is 0 Å². The number of amides is 1. The van der Waals surface area contributed by atoms with Crippen molar-refractivity contribution in [1.82, 2.24) is 5.32 Å². The van der Waals surface area contributed by atoms with Crippen molar-refractivity contribution < 1.29 is 19.0 Å². The van der Waals surface area contributed by atoms with E-state index in [0.717, 1.165) is 4.47 Å². The number of nitrogens with one attached hydrogen (secondary N) is 2. The zero-order chi connectivity index (χ0) is 20.7. The fourth-order valence-corrected chi connectivity index (χ4v) is 2.88. The number of methoxy groups -OCH3 is 2. The molecule has 0 unspecified atom stereocenters. The number of carbonyl (C=O) groups is 1. The lowest BCUT2D eigenvalue weighted by Crippen LogP contribution is -2.34. The molecule has 0 saturated carbocycles. The monoisotopic (exact) mass is 466 g/mol. The molecule has 0 aliphatic rings. The second-order valence-corrected chi connectivity index (χ2v) is 7.65. The van der Waals surface area contributed by atoms with E-state index >= 15 is 0 Å². The molecule has 0 bridgehead atoms. The Kier molecular flexibility index (Phi) is 8.07. The lowest BCUT2D eigenvalue weighted by molar-refractivity contribution is 0.0973. The second kappa shape index (κ2) is 10.3. The third-order valence-corrected chi connectivity index (χ3v) is 4.32. The van der Waals surface area contributed by atoms with Gasteiger partial charge in [0, 0.05) is 16.2 Å². The molecule has 0 saturated heterocycles. The van der Waals surface area contributed by atoms with Crippen molar-refractivity contribution in [2.45, 2.75) is 13.8 Å². The quantitative estimate of drug-likeness (QED) is 0.579. The van der Waals surface area contributed by atoms with Gasteiger partial charge in [-0.05, 0) is 48.5 Å². The molecule has 0 heterocycles. The van der Waals surface area contributed by atoms with Gasteiger partial charge in [-0.15, -0.1) is 0 Å². The summed E-state index contributed by atoms with van der Waals surface area (Å²) in [6.45, 7) is 4.60. The van der Waals surface area contributed by atoms with Gasteiger partial charge in [0.15, 0.2) is 16.6 Å². The number of ether oxygens (including phenoxy) is 3. The second-order valence-electron chi connectivity index (χ2n) is 6.32. The molecule has 2 N–H and O–H groups in total. The Balaban J connectivity index is 2.10. The Hall–Kier alpha value is -2.32. The minimum Gasteiger partial charge on any atom is -0.493 e. The van der Waals surface area contributed by atoms with E-state index in [4.69, 9.17) is 26.4 Å². The van der Waals surface area contributed by atoms with Crippen LogP contribution in [-0.2, 0) is 0 Å². The van der Waals surface area contributed by atoms with E-state index in [9.17, 15) is 4.79 Å². The maximum atomic E-state index is 12.7. The van der Waals surface area contributed by atoms with E-state index in [-0.39, 0.29) is 11.0 Å². The van der Waals surface area contributed by atoms with Gasteiger partial charge in [-0.2, -0.15) is 0 Å². The first-order valence-electron chi connectivity index (χ1n) is 8.60. The first kappa shape index (κ1) is 22.0. The normalized spacial score (nSPS) is 10.4. The summed E-state index contributed by atoms with van der Waals surface area (Å²) < 4.78 is 17.0. The van der Waals surface area contributed by atoms with Gasteiger partial charge in [0.2, 0.25) is 0 Å². The molecule has 6 nitrogen and oxygen atoms in total. The molecule has 0 radical (unpaired) electrons. The Morgan fingerprint density at radius 3 is 2.39 bits per heavy atom. The molecule has 1 amide bonds. The molecule has 0 aliphatic heterocycles. The Morgan fingerprint density at radius 1 is 1.07 bits per heavy atom. The highest BCUT2D eigenvalue weighted by atomic mass is 79.9. The minimum absolute atomic E-state index is 0.159. The fourth-order valence-electron chi connectivity index (χ4n) is 2.31. The molecule has 2 aromatic rings. The summed E-state index contributed by atoms with van der Waals surface area (Å²) in [5.74, 6) is 1.63. The molecule has 0 fully saturated rings. The molecule has 0 atom stereocenters. The average Bonchev–Trinajstić information content (AvgIpc) is 2.66. The van der Waals surface area contributed by atoms with E-state index in [1.54, 1.807) is 44.6 Å². The number of carbonyl (C=O) groups excluding carboxylic acids is 1. The molecule has 150 valence electrons. The van der Waals surface area contributed by atoms with Crippen molar-refractivity contribution in [2.75, 3.05) is 26.1 Å². The summed E-state index contributed by atoms with van der Waals surface area (Å²) in [5.41, 5.74) is 1.06. The zero-order valence-corrected chi connectivity index (χ0v) is 18.6. The standard InChI is InChI=1S/C20H23BrN2O4S/c1-12(2)11-27-16-7-5-13(21)9-15(16)19(24)23-20(28)22-14-6-8-17(25-3)18(10-14)26-4/h5-10,12H,11H2,1-4H3,(H2,22,23,24,28). The third-order valence-electron chi connectivity index (χ3n) is 3.63. The van der Waals surface area contributed by atoms with Crippen molar-refractivity contribution in [2.24, 2.45) is 5.92 Å². The fraction of sp³-hybridized carbons (Fsp3) is 0.300. The molecule has 0 spiro atoms. The van der Waals surface area contributed by atoms with Gasteiger partial charge >= 0.3 is 0 Å². The van der Waals surface area contributed by atoms with Gasteiger partial charge in [-0.3, -0.25) is 10.1 Å². The summed E-state index contributed by atoms with van der Waals surface area (Å²) >= 11 is 8.65. The van der Waals surface area contributed by atoms with Crippen LogP contribution in [0.4, 0.5) is 5.69 Å². The van der Waals surface area contributed by atoms with Crippen molar-refractivity contribution >= 4 is 44.9 Å². The summed E-state index contributed by atoms with van der Waals surface area (Å²) in [6.07, 6.45) is 0. The summed E-state index contributed by atoms with van der Waals surface area (Å²) in [7, 11) is 3.11. The maximum Gasteiger partial charge on any atom is 0.261 e. The molecular formula is C20H23BrN2O4S. The maximum absolute atomic E-state index is 12.7. The van der Waals surface area contributed by atoms with Gasteiger partial charge < -0.3 is 19.5 Å². The lowest BCUT2D eigenvalue weighted by atomic mass is 10.2. The molecule has 28 heavy (non-hydrogen) atoms. The summed E-state index contributed by atoms with van der Waals surface area (Å²) in [4.78, 5) is 12.7. The van der Waals surface area contributed by atoms with E-state index in [0.29, 0.717) is 41.0 Å². The topological polar surface area (TPSA) is 68.8 Å². The average molecular weight is 467 g/mol. The van der Waals surface area contributed by atoms with Gasteiger partial charge in [0.1, 0.15) is 5.75 Å². The van der Waals surface area contributed by atoms with Crippen molar-refractivity contribution in [1.29, 1.82) is 0 Å². The Bertz CT molecular complexity index is 858. The van der Waals surface area contributed by atoms with E-state index < -0.39 is 0 Å². The highest BCUT2D eigenvalue weighted by Gasteiger charge is 2.16. The highest BCUT2D eigenvalue weighted by Crippen LogP contribution is 2.29. The molecule has 2 rings (SSSR count). The van der Waals surface area contributed by atoms with E-state index in [2.05, 4.69) is 26.6 Å². The van der Waals surface area contributed by atoms with Crippen LogP contribution in [0.3, 0.4) is 0 Å². The van der Waals surface area contributed by atoms with Crippen LogP contribution in [0.1, 0.15) is 24.2 Å². The number of benzene rings is 2. The van der Waals surface area contributed by atoms with Gasteiger partial charge in [-0.25, -0.2) is 0 Å². The molecular weight excluding hydrogens is 444 g/mol. The smallest absolute Gasteiger partial charge is 0.261 e. The van der Waals surface area contributed by atoms with Crippen LogP contribution in [0, 0.1) is 5.92 Å². The lowest BCUT2D eigenvalue weighted by Gasteiger charge is -2.15. The van der Waals surface area contributed by atoms with Gasteiger partial charge in [0.25, 0.3) is 5.91 Å². The Morgan fingerprint density at radius 2 is 1.75 bits per heavy atom. The third kappa shape index (κ3) is 6.10. The molecule has 0 aliphatic carbocycles. The highest BCUT2D eigenvalue weighted by molar-refractivity contribution is 9.10. The number of anilines is 1. The SMILES string of the molecule is COc1ccc(NC(=S)NC(=O)c2cc(Br)ccc2OCC(C)C)cc1OC. The van der Waals surface area contributed by atoms with Crippen LogP contribution in [0.25, 0.3) is 0 Å². The van der Waals surface area contributed by atoms with Gasteiger partial charge in [0.05, 0.1) is 26.4 Å². The minimum atomic E-state index is -0.363. The summed E-state index contributed by atoms with van der Waals surface area (Å²) in [6, 6.07) is 10.5. The number of rotatable bonds is 7.